The Morgan fingerprint density at radius 3 is 2.82 bits per heavy atom. The SMILES string of the molecule is CCNCc1ccc(-c2cc(C)ccc2F)o1. The lowest BCUT2D eigenvalue weighted by Gasteiger charge is -2.01. The van der Waals surface area contributed by atoms with Gasteiger partial charge in [-0.25, -0.2) is 4.39 Å². The van der Waals surface area contributed by atoms with Crippen LogP contribution in [0.1, 0.15) is 18.2 Å². The Hall–Kier alpha value is -1.61. The summed E-state index contributed by atoms with van der Waals surface area (Å²) in [5.41, 5.74) is 1.54. The Morgan fingerprint density at radius 1 is 1.24 bits per heavy atom. The molecule has 2 rings (SSSR count). The standard InChI is InChI=1S/C14H16FNO/c1-3-16-9-11-5-7-14(17-11)12-8-10(2)4-6-13(12)15/h4-8,16H,3,9H2,1-2H3. The number of rotatable bonds is 4. The highest BCUT2D eigenvalue weighted by atomic mass is 19.1. The first-order valence-corrected chi connectivity index (χ1v) is 5.76. The van der Waals surface area contributed by atoms with Crippen molar-refractivity contribution >= 4 is 0 Å². The lowest BCUT2D eigenvalue weighted by molar-refractivity contribution is 0.495. The van der Waals surface area contributed by atoms with Crippen molar-refractivity contribution in [2.45, 2.75) is 20.4 Å². The molecular formula is C14H16FNO. The second kappa shape index (κ2) is 5.15. The molecule has 1 heterocycles. The summed E-state index contributed by atoms with van der Waals surface area (Å²) in [7, 11) is 0. The Bertz CT molecular complexity index is 505. The van der Waals surface area contributed by atoms with Crippen LogP contribution in [0.25, 0.3) is 11.3 Å². The number of hydrogen-bond acceptors (Lipinski definition) is 2. The third-order valence-electron chi connectivity index (χ3n) is 2.60. The summed E-state index contributed by atoms with van der Waals surface area (Å²) in [5, 5.41) is 3.17. The second-order valence-corrected chi connectivity index (χ2v) is 4.03. The van der Waals surface area contributed by atoms with Gasteiger partial charge < -0.3 is 9.73 Å². The predicted octanol–water partition coefficient (Wildman–Crippen LogP) is 3.50. The molecule has 0 saturated carbocycles. The summed E-state index contributed by atoms with van der Waals surface area (Å²) in [5.74, 6) is 1.15. The Morgan fingerprint density at radius 2 is 2.06 bits per heavy atom. The van der Waals surface area contributed by atoms with E-state index in [1.807, 2.05) is 26.0 Å². The number of benzene rings is 1. The van der Waals surface area contributed by atoms with Gasteiger partial charge in [-0.3, -0.25) is 0 Å². The van der Waals surface area contributed by atoms with E-state index >= 15 is 0 Å². The van der Waals surface area contributed by atoms with E-state index in [9.17, 15) is 4.39 Å². The van der Waals surface area contributed by atoms with Crippen molar-refractivity contribution in [1.29, 1.82) is 0 Å². The molecule has 90 valence electrons. The summed E-state index contributed by atoms with van der Waals surface area (Å²) in [4.78, 5) is 0. The molecule has 0 amide bonds. The minimum absolute atomic E-state index is 0.250. The van der Waals surface area contributed by atoms with E-state index < -0.39 is 0 Å². The maximum Gasteiger partial charge on any atom is 0.137 e. The molecule has 0 atom stereocenters. The van der Waals surface area contributed by atoms with E-state index in [0.29, 0.717) is 17.9 Å². The van der Waals surface area contributed by atoms with E-state index in [1.165, 1.54) is 6.07 Å². The molecule has 0 spiro atoms. The largest absolute Gasteiger partial charge is 0.460 e. The highest BCUT2D eigenvalue weighted by Gasteiger charge is 2.09. The van der Waals surface area contributed by atoms with Crippen molar-refractivity contribution in [3.05, 3.63) is 47.5 Å². The van der Waals surface area contributed by atoms with Crippen LogP contribution in [0.2, 0.25) is 0 Å². The van der Waals surface area contributed by atoms with Gasteiger partial charge in [-0.2, -0.15) is 0 Å². The normalized spacial score (nSPS) is 10.8. The van der Waals surface area contributed by atoms with Gasteiger partial charge in [0.2, 0.25) is 0 Å². The third-order valence-corrected chi connectivity index (χ3v) is 2.60. The first-order chi connectivity index (χ1) is 8.20. The first kappa shape index (κ1) is 11.9. The molecule has 17 heavy (non-hydrogen) atoms. The van der Waals surface area contributed by atoms with Gasteiger partial charge in [0.1, 0.15) is 17.3 Å². The number of halogens is 1. The van der Waals surface area contributed by atoms with E-state index in [1.54, 1.807) is 12.1 Å². The molecular weight excluding hydrogens is 217 g/mol. The molecule has 0 fully saturated rings. The van der Waals surface area contributed by atoms with E-state index in [-0.39, 0.29) is 5.82 Å². The minimum Gasteiger partial charge on any atom is -0.460 e. The van der Waals surface area contributed by atoms with Crippen LogP contribution >= 0.6 is 0 Å². The van der Waals surface area contributed by atoms with Crippen LogP contribution in [0, 0.1) is 12.7 Å². The zero-order chi connectivity index (χ0) is 12.3. The van der Waals surface area contributed by atoms with Crippen molar-refractivity contribution < 1.29 is 8.81 Å². The van der Waals surface area contributed by atoms with E-state index in [0.717, 1.165) is 17.9 Å². The topological polar surface area (TPSA) is 25.2 Å². The average Bonchev–Trinajstić information content (AvgIpc) is 2.78. The molecule has 0 saturated heterocycles. The quantitative estimate of drug-likeness (QED) is 0.874. The van der Waals surface area contributed by atoms with Crippen LogP contribution in [-0.4, -0.2) is 6.54 Å². The Labute approximate surface area is 100 Å². The fraction of sp³-hybridized carbons (Fsp3) is 0.286. The highest BCUT2D eigenvalue weighted by Crippen LogP contribution is 2.25. The average molecular weight is 233 g/mol. The molecule has 1 aromatic carbocycles. The number of furan rings is 1. The molecule has 1 N–H and O–H groups in total. The van der Waals surface area contributed by atoms with Crippen LogP contribution in [0.3, 0.4) is 0 Å². The monoisotopic (exact) mass is 233 g/mol. The van der Waals surface area contributed by atoms with Gasteiger partial charge in [0.05, 0.1) is 12.1 Å². The van der Waals surface area contributed by atoms with Crippen molar-refractivity contribution in [2.75, 3.05) is 6.54 Å². The lowest BCUT2D eigenvalue weighted by Crippen LogP contribution is -2.10. The summed E-state index contributed by atoms with van der Waals surface area (Å²) >= 11 is 0. The molecule has 2 aromatic rings. The third kappa shape index (κ3) is 2.74. The summed E-state index contributed by atoms with van der Waals surface area (Å²) < 4.78 is 19.2. The van der Waals surface area contributed by atoms with Gasteiger partial charge in [-0.1, -0.05) is 18.6 Å². The van der Waals surface area contributed by atoms with Crippen molar-refractivity contribution in [3.63, 3.8) is 0 Å². The van der Waals surface area contributed by atoms with E-state index in [2.05, 4.69) is 5.32 Å². The van der Waals surface area contributed by atoms with Crippen LogP contribution < -0.4 is 5.32 Å². The van der Waals surface area contributed by atoms with Gasteiger partial charge in [-0.05, 0) is 37.7 Å². The van der Waals surface area contributed by atoms with Crippen LogP contribution in [0.5, 0.6) is 0 Å². The van der Waals surface area contributed by atoms with Gasteiger partial charge in [0, 0.05) is 0 Å². The molecule has 3 heteroatoms. The van der Waals surface area contributed by atoms with Gasteiger partial charge in [0.15, 0.2) is 0 Å². The van der Waals surface area contributed by atoms with Gasteiger partial charge >= 0.3 is 0 Å². The summed E-state index contributed by atoms with van der Waals surface area (Å²) in [6.07, 6.45) is 0. The van der Waals surface area contributed by atoms with Crippen LogP contribution in [0.15, 0.2) is 34.7 Å². The summed E-state index contributed by atoms with van der Waals surface area (Å²) in [6.45, 7) is 5.52. The van der Waals surface area contributed by atoms with E-state index in [4.69, 9.17) is 4.42 Å². The first-order valence-electron chi connectivity index (χ1n) is 5.76. The van der Waals surface area contributed by atoms with Crippen molar-refractivity contribution in [3.8, 4) is 11.3 Å². The second-order valence-electron chi connectivity index (χ2n) is 4.03. The zero-order valence-electron chi connectivity index (χ0n) is 10.1. The van der Waals surface area contributed by atoms with Crippen molar-refractivity contribution in [1.82, 2.24) is 5.32 Å². The maximum absolute atomic E-state index is 13.6. The van der Waals surface area contributed by atoms with Crippen LogP contribution in [-0.2, 0) is 6.54 Å². The van der Waals surface area contributed by atoms with Crippen molar-refractivity contribution in [2.24, 2.45) is 0 Å². The smallest absolute Gasteiger partial charge is 0.137 e. The predicted molar refractivity (Wildman–Crippen MR) is 66.2 cm³/mol. The zero-order valence-corrected chi connectivity index (χ0v) is 10.1. The molecule has 1 aromatic heterocycles. The maximum atomic E-state index is 13.6. The molecule has 0 aliphatic heterocycles. The fourth-order valence-corrected chi connectivity index (χ4v) is 1.69. The molecule has 0 aliphatic rings. The molecule has 0 bridgehead atoms. The molecule has 2 nitrogen and oxygen atoms in total. The molecule has 0 unspecified atom stereocenters. The molecule has 0 radical (unpaired) electrons. The van der Waals surface area contributed by atoms with Gasteiger partial charge in [0.25, 0.3) is 0 Å². The lowest BCUT2D eigenvalue weighted by atomic mass is 10.1. The Balaban J connectivity index is 2.27. The minimum atomic E-state index is -0.250. The number of hydrogen-bond donors (Lipinski definition) is 1. The number of aryl methyl sites for hydroxylation is 1. The highest BCUT2D eigenvalue weighted by molar-refractivity contribution is 5.59. The Kier molecular flexibility index (Phi) is 3.59. The van der Waals surface area contributed by atoms with Gasteiger partial charge in [-0.15, -0.1) is 0 Å². The molecule has 0 aliphatic carbocycles. The number of nitrogens with one attached hydrogen (secondary N) is 1. The van der Waals surface area contributed by atoms with Crippen LogP contribution in [0.4, 0.5) is 4.39 Å². The summed E-state index contributed by atoms with van der Waals surface area (Å²) in [6, 6.07) is 8.70. The fourth-order valence-electron chi connectivity index (χ4n) is 1.69.